The number of aliphatic hydroxyl groups is 1. The smallest absolute Gasteiger partial charge is 0.430 e. The predicted molar refractivity (Wildman–Crippen MR) is 70.0 cm³/mol. The van der Waals surface area contributed by atoms with Crippen molar-refractivity contribution in [2.75, 3.05) is 7.11 Å². The first kappa shape index (κ1) is 15.2. The molecule has 1 aromatic carbocycles. The third-order valence-electron chi connectivity index (χ3n) is 3.24. The van der Waals surface area contributed by atoms with E-state index in [0.717, 1.165) is 0 Å². The van der Waals surface area contributed by atoms with Crippen molar-refractivity contribution < 1.29 is 29.0 Å². The van der Waals surface area contributed by atoms with Gasteiger partial charge in [-0.2, -0.15) is 0 Å². The van der Waals surface area contributed by atoms with Crippen molar-refractivity contribution in [3.8, 4) is 5.75 Å². The molecule has 0 radical (unpaired) electrons. The fourth-order valence-electron chi connectivity index (χ4n) is 2.18. The lowest BCUT2D eigenvalue weighted by Crippen LogP contribution is -2.20. The largest absolute Gasteiger partial charge is 0.514 e. The number of nitro groups is 1. The molecule has 0 aliphatic heterocycles. The van der Waals surface area contributed by atoms with E-state index in [4.69, 9.17) is 14.2 Å². The maximum Gasteiger partial charge on any atom is 0.514 e. The zero-order chi connectivity index (χ0) is 15.4. The van der Waals surface area contributed by atoms with E-state index < -0.39 is 23.3 Å². The van der Waals surface area contributed by atoms with Crippen LogP contribution in [0.15, 0.2) is 24.3 Å². The van der Waals surface area contributed by atoms with Crippen LogP contribution in [0.2, 0.25) is 0 Å². The molecule has 1 fully saturated rings. The highest BCUT2D eigenvalue weighted by Crippen LogP contribution is 2.25. The molecule has 1 saturated carbocycles. The molecule has 1 aliphatic carbocycles. The second-order valence-electron chi connectivity index (χ2n) is 4.66. The van der Waals surface area contributed by atoms with Gasteiger partial charge in [0.25, 0.3) is 5.69 Å². The third kappa shape index (κ3) is 3.89. The van der Waals surface area contributed by atoms with Crippen molar-refractivity contribution in [2.24, 2.45) is 0 Å². The lowest BCUT2D eigenvalue weighted by molar-refractivity contribution is -0.384. The minimum Gasteiger partial charge on any atom is -0.430 e. The molecule has 0 unspecified atom stereocenters. The highest BCUT2D eigenvalue weighted by atomic mass is 16.7. The maximum absolute atomic E-state index is 11.6. The Morgan fingerprint density at radius 2 is 2.00 bits per heavy atom. The molecule has 2 rings (SSSR count). The van der Waals surface area contributed by atoms with Gasteiger partial charge in [0, 0.05) is 32.1 Å². The van der Waals surface area contributed by atoms with Gasteiger partial charge in [-0.3, -0.25) is 10.1 Å². The number of non-ortho nitro benzene ring substituents is 1. The molecule has 1 aliphatic rings. The fourth-order valence-corrected chi connectivity index (χ4v) is 2.18. The van der Waals surface area contributed by atoms with Crippen LogP contribution in [0, 0.1) is 10.1 Å². The molecule has 114 valence electrons. The SMILES string of the molecule is CO[C@H]1C[C@@H](OC(=O)Oc2ccc([N+](=O)[O-])cc2)C[C@H]1O. The van der Waals surface area contributed by atoms with Crippen LogP contribution in [0.4, 0.5) is 10.5 Å². The molecule has 0 heterocycles. The Hall–Kier alpha value is -2.19. The first-order valence-corrected chi connectivity index (χ1v) is 6.33. The molecule has 8 nitrogen and oxygen atoms in total. The number of nitrogens with zero attached hydrogens (tertiary/aromatic N) is 1. The molecule has 1 aromatic rings. The second kappa shape index (κ2) is 6.51. The Morgan fingerprint density at radius 3 is 2.52 bits per heavy atom. The average Bonchev–Trinajstić information content (AvgIpc) is 2.79. The number of aliphatic hydroxyl groups excluding tert-OH is 1. The van der Waals surface area contributed by atoms with Gasteiger partial charge in [0.05, 0.1) is 17.1 Å². The highest BCUT2D eigenvalue weighted by molar-refractivity contribution is 5.64. The second-order valence-corrected chi connectivity index (χ2v) is 4.66. The summed E-state index contributed by atoms with van der Waals surface area (Å²) < 4.78 is 15.0. The number of hydrogen-bond donors (Lipinski definition) is 1. The summed E-state index contributed by atoms with van der Waals surface area (Å²) in [5, 5.41) is 20.1. The molecule has 3 atom stereocenters. The van der Waals surface area contributed by atoms with Gasteiger partial charge in [-0.1, -0.05) is 0 Å². The molecular formula is C13H15NO7. The van der Waals surface area contributed by atoms with Crippen molar-refractivity contribution in [1.82, 2.24) is 0 Å². The van der Waals surface area contributed by atoms with Crippen LogP contribution in [0.3, 0.4) is 0 Å². The summed E-state index contributed by atoms with van der Waals surface area (Å²) in [7, 11) is 1.48. The minimum absolute atomic E-state index is 0.0995. The summed E-state index contributed by atoms with van der Waals surface area (Å²) in [6, 6.07) is 5.06. The van der Waals surface area contributed by atoms with Crippen molar-refractivity contribution in [3.63, 3.8) is 0 Å². The topological polar surface area (TPSA) is 108 Å². The molecular weight excluding hydrogens is 282 g/mol. The highest BCUT2D eigenvalue weighted by Gasteiger charge is 2.35. The number of nitro benzene ring substituents is 1. The van der Waals surface area contributed by atoms with E-state index in [1.165, 1.54) is 31.4 Å². The van der Waals surface area contributed by atoms with Gasteiger partial charge in [-0.15, -0.1) is 0 Å². The van der Waals surface area contributed by atoms with Crippen LogP contribution in [0.25, 0.3) is 0 Å². The van der Waals surface area contributed by atoms with Gasteiger partial charge in [0.1, 0.15) is 11.9 Å². The van der Waals surface area contributed by atoms with E-state index in [1.807, 2.05) is 0 Å². The monoisotopic (exact) mass is 297 g/mol. The summed E-state index contributed by atoms with van der Waals surface area (Å²) in [4.78, 5) is 21.5. The molecule has 0 spiro atoms. The Morgan fingerprint density at radius 1 is 1.33 bits per heavy atom. The summed E-state index contributed by atoms with van der Waals surface area (Å²) in [6.45, 7) is 0. The zero-order valence-corrected chi connectivity index (χ0v) is 11.3. The molecule has 0 bridgehead atoms. The van der Waals surface area contributed by atoms with Crippen molar-refractivity contribution in [3.05, 3.63) is 34.4 Å². The van der Waals surface area contributed by atoms with Gasteiger partial charge < -0.3 is 19.3 Å². The number of ether oxygens (including phenoxy) is 3. The number of methoxy groups -OCH3 is 1. The van der Waals surface area contributed by atoms with Crippen molar-refractivity contribution in [2.45, 2.75) is 31.2 Å². The van der Waals surface area contributed by atoms with E-state index >= 15 is 0 Å². The number of hydrogen-bond acceptors (Lipinski definition) is 7. The Kier molecular flexibility index (Phi) is 4.71. The van der Waals surface area contributed by atoms with Gasteiger partial charge in [0.2, 0.25) is 0 Å². The first-order valence-electron chi connectivity index (χ1n) is 6.33. The average molecular weight is 297 g/mol. The number of rotatable bonds is 4. The number of benzene rings is 1. The Labute approximate surface area is 120 Å². The first-order chi connectivity index (χ1) is 9.99. The number of carbonyl (C=O) groups is 1. The molecule has 0 aromatic heterocycles. The molecule has 21 heavy (non-hydrogen) atoms. The molecule has 0 saturated heterocycles. The lowest BCUT2D eigenvalue weighted by Gasteiger charge is -2.11. The standard InChI is InChI=1S/C13H15NO7/c1-19-12-7-10(6-11(12)15)21-13(16)20-9-4-2-8(3-5-9)14(17)18/h2-5,10-12,15H,6-7H2,1H3/t10-,11+,12-/m0/s1. The molecule has 1 N–H and O–H groups in total. The third-order valence-corrected chi connectivity index (χ3v) is 3.24. The molecule has 8 heteroatoms. The van der Waals surface area contributed by atoms with Crippen LogP contribution in [-0.4, -0.2) is 41.6 Å². The van der Waals surface area contributed by atoms with Crippen LogP contribution in [0.5, 0.6) is 5.75 Å². The summed E-state index contributed by atoms with van der Waals surface area (Å²) in [6.07, 6.45) is -1.75. The Balaban J connectivity index is 1.86. The summed E-state index contributed by atoms with van der Waals surface area (Å²) >= 11 is 0. The summed E-state index contributed by atoms with van der Waals surface area (Å²) in [5.41, 5.74) is -0.0995. The van der Waals surface area contributed by atoms with E-state index in [1.54, 1.807) is 0 Å². The Bertz CT molecular complexity index is 516. The van der Waals surface area contributed by atoms with E-state index in [0.29, 0.717) is 6.42 Å². The normalized spacial score (nSPS) is 24.6. The lowest BCUT2D eigenvalue weighted by atomic mass is 10.3. The summed E-state index contributed by atoms with van der Waals surface area (Å²) in [5.74, 6) is 0.146. The van der Waals surface area contributed by atoms with Crippen LogP contribution < -0.4 is 4.74 Å². The van der Waals surface area contributed by atoms with Gasteiger partial charge in [-0.25, -0.2) is 4.79 Å². The van der Waals surface area contributed by atoms with Gasteiger partial charge >= 0.3 is 6.16 Å². The maximum atomic E-state index is 11.6. The van der Waals surface area contributed by atoms with E-state index in [9.17, 15) is 20.0 Å². The minimum atomic E-state index is -0.919. The van der Waals surface area contributed by atoms with Crippen molar-refractivity contribution in [1.29, 1.82) is 0 Å². The van der Waals surface area contributed by atoms with E-state index in [2.05, 4.69) is 0 Å². The van der Waals surface area contributed by atoms with E-state index in [-0.39, 0.29) is 24.0 Å². The van der Waals surface area contributed by atoms with Crippen LogP contribution >= 0.6 is 0 Å². The zero-order valence-electron chi connectivity index (χ0n) is 11.3. The predicted octanol–water partition coefficient (Wildman–Crippen LogP) is 1.65. The fraction of sp³-hybridized carbons (Fsp3) is 0.462. The van der Waals surface area contributed by atoms with Gasteiger partial charge in [-0.05, 0) is 12.1 Å². The number of carbonyl (C=O) groups excluding carboxylic acids is 1. The van der Waals surface area contributed by atoms with Crippen molar-refractivity contribution >= 4 is 11.8 Å². The van der Waals surface area contributed by atoms with Crippen LogP contribution in [-0.2, 0) is 9.47 Å². The molecule has 0 amide bonds. The quantitative estimate of drug-likeness (QED) is 0.389. The van der Waals surface area contributed by atoms with Crippen LogP contribution in [0.1, 0.15) is 12.8 Å². The van der Waals surface area contributed by atoms with Gasteiger partial charge in [0.15, 0.2) is 0 Å².